The van der Waals surface area contributed by atoms with Crippen molar-refractivity contribution in [2.45, 2.75) is 31.3 Å². The Morgan fingerprint density at radius 2 is 1.93 bits per heavy atom. The molecule has 0 spiro atoms. The Bertz CT molecular complexity index is 2070. The summed E-state index contributed by atoms with van der Waals surface area (Å²) in [5, 5.41) is 13.3. The molecular formula is C31H29F2N7O3. The zero-order chi connectivity index (χ0) is 29.7. The maximum atomic E-state index is 15.7. The van der Waals surface area contributed by atoms with Crippen molar-refractivity contribution in [3.8, 4) is 11.1 Å². The average molecular weight is 586 g/mol. The number of rotatable bonds is 5. The molecule has 3 fully saturated rings. The number of pyridine rings is 3. The van der Waals surface area contributed by atoms with Crippen molar-refractivity contribution < 1.29 is 18.7 Å². The van der Waals surface area contributed by atoms with Crippen LogP contribution >= 0.6 is 0 Å². The highest BCUT2D eigenvalue weighted by Crippen LogP contribution is 2.47. The van der Waals surface area contributed by atoms with Gasteiger partial charge in [0.2, 0.25) is 5.43 Å². The number of aryl methyl sites for hydroxylation is 1. The number of H-pyrrole nitrogens is 1. The molecule has 220 valence electrons. The van der Waals surface area contributed by atoms with Crippen molar-refractivity contribution in [2.24, 2.45) is 13.0 Å². The summed E-state index contributed by atoms with van der Waals surface area (Å²) in [6, 6.07) is 3.74. The molecule has 0 radical (unpaired) electrons. The molecule has 1 aliphatic carbocycles. The number of carboxylic acid groups (broad SMARTS) is 1. The highest BCUT2D eigenvalue weighted by atomic mass is 19.2. The fraction of sp³-hybridized carbons (Fsp3) is 0.355. The number of hydrogen-bond donors (Lipinski definition) is 3. The van der Waals surface area contributed by atoms with Gasteiger partial charge in [0.05, 0.1) is 33.1 Å². The summed E-state index contributed by atoms with van der Waals surface area (Å²) < 4.78 is 32.2. The topological polar surface area (TPSA) is 119 Å². The van der Waals surface area contributed by atoms with E-state index in [1.807, 2.05) is 0 Å². The van der Waals surface area contributed by atoms with Crippen molar-refractivity contribution in [3.63, 3.8) is 0 Å². The summed E-state index contributed by atoms with van der Waals surface area (Å²) in [5.74, 6) is -2.81. The predicted molar refractivity (Wildman–Crippen MR) is 160 cm³/mol. The lowest BCUT2D eigenvalue weighted by atomic mass is 10.0. The normalized spacial score (nSPS) is 20.5. The lowest BCUT2D eigenvalue weighted by molar-refractivity contribution is 0.0695. The van der Waals surface area contributed by atoms with E-state index in [1.54, 1.807) is 32.6 Å². The van der Waals surface area contributed by atoms with Crippen LogP contribution in [-0.2, 0) is 7.05 Å². The van der Waals surface area contributed by atoms with Crippen LogP contribution in [0, 0.1) is 17.6 Å². The minimum absolute atomic E-state index is 0.109. The maximum absolute atomic E-state index is 15.7. The Hall–Kier alpha value is -4.58. The molecule has 3 N–H and O–H groups in total. The average Bonchev–Trinajstić information content (AvgIpc) is 3.45. The third-order valence-corrected chi connectivity index (χ3v) is 9.51. The molecule has 3 aliphatic rings. The summed E-state index contributed by atoms with van der Waals surface area (Å²) in [7, 11) is 3.29. The van der Waals surface area contributed by atoms with Crippen molar-refractivity contribution in [1.82, 2.24) is 24.4 Å². The maximum Gasteiger partial charge on any atom is 0.341 e. The molecule has 1 saturated carbocycles. The lowest BCUT2D eigenvalue weighted by Gasteiger charge is -2.27. The summed E-state index contributed by atoms with van der Waals surface area (Å²) in [6.45, 7) is 2.55. The van der Waals surface area contributed by atoms with E-state index >= 15 is 4.39 Å². The number of aromatic carboxylic acids is 1. The van der Waals surface area contributed by atoms with Gasteiger partial charge in [-0.15, -0.1) is 0 Å². The SMILES string of the molecule is CNc1cc(F)c(F)c2c1[nH]c1ncc(-c3cnc4c(c3)c(=O)c(C(=O)O)cn4C)c(N3CC4CCN(C5CC5)C4C3)c12. The van der Waals surface area contributed by atoms with Crippen LogP contribution in [0.3, 0.4) is 0 Å². The van der Waals surface area contributed by atoms with E-state index in [2.05, 4.69) is 30.1 Å². The molecule has 12 heteroatoms. The second-order valence-corrected chi connectivity index (χ2v) is 12.0. The number of halogens is 2. The predicted octanol–water partition coefficient (Wildman–Crippen LogP) is 4.32. The molecule has 2 unspecified atom stereocenters. The Kier molecular flexibility index (Phi) is 5.58. The number of aromatic amines is 1. The number of fused-ring (bicyclic) bond motifs is 5. The van der Waals surface area contributed by atoms with Crippen molar-refractivity contribution in [1.29, 1.82) is 0 Å². The Morgan fingerprint density at radius 1 is 1.12 bits per heavy atom. The van der Waals surface area contributed by atoms with Crippen molar-refractivity contribution in [3.05, 3.63) is 58.1 Å². The molecular weight excluding hydrogens is 556 g/mol. The molecule has 6 heterocycles. The summed E-state index contributed by atoms with van der Waals surface area (Å²) in [6.07, 6.45) is 8.05. The van der Waals surface area contributed by atoms with Gasteiger partial charge in [0, 0.05) is 75.1 Å². The lowest BCUT2D eigenvalue weighted by Crippen LogP contribution is -2.36. The number of likely N-dealkylation sites (tertiary alicyclic amines) is 1. The number of anilines is 2. The van der Waals surface area contributed by atoms with E-state index in [0.717, 1.165) is 32.1 Å². The summed E-state index contributed by atoms with van der Waals surface area (Å²) >= 11 is 0. The van der Waals surface area contributed by atoms with E-state index in [1.165, 1.54) is 23.6 Å². The highest BCUT2D eigenvalue weighted by Gasteiger charge is 2.47. The van der Waals surface area contributed by atoms with Crippen molar-refractivity contribution >= 4 is 50.3 Å². The Morgan fingerprint density at radius 3 is 2.67 bits per heavy atom. The van der Waals surface area contributed by atoms with Crippen LogP contribution in [0.1, 0.15) is 29.6 Å². The van der Waals surface area contributed by atoms with E-state index in [-0.39, 0.29) is 16.3 Å². The molecule has 10 nitrogen and oxygen atoms in total. The van der Waals surface area contributed by atoms with Crippen LogP contribution in [-0.4, -0.2) is 74.3 Å². The van der Waals surface area contributed by atoms with Gasteiger partial charge in [0.15, 0.2) is 11.6 Å². The standard InChI is InChI=1S/C31H29F2N7O3/c1-34-21-8-20(32)25(33)23-24-27(39-11-14-5-6-40(16-3-4-16)22(14)13-39)18(10-35-29(24)37-26(21)23)15-7-17-28(41)19(31(42)43)12-38(2)30(17)36-9-15/h7-10,12,14,16,22,34H,3-6,11,13H2,1-2H3,(H,35,37)(H,42,43). The van der Waals surface area contributed by atoms with E-state index in [0.29, 0.717) is 62.7 Å². The first-order valence-electron chi connectivity index (χ1n) is 14.5. The van der Waals surface area contributed by atoms with Crippen LogP contribution in [0.25, 0.3) is 44.1 Å². The minimum atomic E-state index is -1.32. The molecule has 0 amide bonds. The van der Waals surface area contributed by atoms with Crippen LogP contribution in [0.15, 0.2) is 35.5 Å². The Labute approximate surface area is 243 Å². The summed E-state index contributed by atoms with van der Waals surface area (Å²) in [4.78, 5) is 42.3. The number of hydrogen-bond acceptors (Lipinski definition) is 7. The first kappa shape index (κ1) is 26.1. The van der Waals surface area contributed by atoms with Gasteiger partial charge in [-0.25, -0.2) is 23.5 Å². The number of carbonyl (C=O) groups is 1. The zero-order valence-corrected chi connectivity index (χ0v) is 23.6. The van der Waals surface area contributed by atoms with Gasteiger partial charge in [-0.2, -0.15) is 0 Å². The smallest absolute Gasteiger partial charge is 0.341 e. The van der Waals surface area contributed by atoms with Gasteiger partial charge in [-0.05, 0) is 37.8 Å². The first-order chi connectivity index (χ1) is 20.7. The van der Waals surface area contributed by atoms with Crippen LogP contribution in [0.5, 0.6) is 0 Å². The highest BCUT2D eigenvalue weighted by molar-refractivity contribution is 6.18. The van der Waals surface area contributed by atoms with Gasteiger partial charge in [-0.1, -0.05) is 0 Å². The molecule has 2 atom stereocenters. The molecule has 4 aromatic heterocycles. The van der Waals surface area contributed by atoms with E-state index < -0.39 is 23.0 Å². The van der Waals surface area contributed by atoms with E-state index in [4.69, 9.17) is 0 Å². The molecule has 2 saturated heterocycles. The first-order valence-corrected chi connectivity index (χ1v) is 14.5. The fourth-order valence-corrected chi connectivity index (χ4v) is 7.38. The van der Waals surface area contributed by atoms with Crippen LogP contribution < -0.4 is 15.6 Å². The number of carboxylic acids is 1. The molecule has 5 aromatic rings. The van der Waals surface area contributed by atoms with Gasteiger partial charge >= 0.3 is 5.97 Å². The van der Waals surface area contributed by atoms with Crippen LogP contribution in [0.4, 0.5) is 20.2 Å². The zero-order valence-electron chi connectivity index (χ0n) is 23.6. The third-order valence-electron chi connectivity index (χ3n) is 9.51. The second-order valence-electron chi connectivity index (χ2n) is 12.0. The van der Waals surface area contributed by atoms with Crippen molar-refractivity contribution in [2.75, 3.05) is 36.9 Å². The molecule has 43 heavy (non-hydrogen) atoms. The second kappa shape index (κ2) is 9.21. The van der Waals surface area contributed by atoms with Gasteiger partial charge in [0.1, 0.15) is 16.9 Å². The monoisotopic (exact) mass is 585 g/mol. The molecule has 0 bridgehead atoms. The quantitative estimate of drug-likeness (QED) is 0.279. The van der Waals surface area contributed by atoms with Gasteiger partial charge in [-0.3, -0.25) is 9.69 Å². The molecule has 8 rings (SSSR count). The minimum Gasteiger partial charge on any atom is -0.477 e. The van der Waals surface area contributed by atoms with E-state index in [9.17, 15) is 19.1 Å². The number of nitrogens with one attached hydrogen (secondary N) is 2. The Balaban J connectivity index is 1.40. The van der Waals surface area contributed by atoms with Gasteiger partial charge in [0.25, 0.3) is 0 Å². The largest absolute Gasteiger partial charge is 0.477 e. The summed E-state index contributed by atoms with van der Waals surface area (Å²) in [5.41, 5.74) is 2.43. The van der Waals surface area contributed by atoms with Gasteiger partial charge < -0.3 is 24.9 Å². The number of benzene rings is 1. The molecule has 1 aromatic carbocycles. The number of aromatic nitrogens is 4. The number of nitrogens with zero attached hydrogens (tertiary/aromatic N) is 5. The fourth-order valence-electron chi connectivity index (χ4n) is 7.38. The molecule has 2 aliphatic heterocycles. The third kappa shape index (κ3) is 3.78. The van der Waals surface area contributed by atoms with Crippen LogP contribution in [0.2, 0.25) is 0 Å².